The molecule has 0 aromatic heterocycles. The molecular formula is C17H17ClN2O. The van der Waals surface area contributed by atoms with Crippen molar-refractivity contribution in [3.05, 3.63) is 63.7 Å². The van der Waals surface area contributed by atoms with Crippen molar-refractivity contribution in [1.82, 2.24) is 5.32 Å². The first-order valence-electron chi connectivity index (χ1n) is 6.70. The molecule has 0 bridgehead atoms. The van der Waals surface area contributed by atoms with Gasteiger partial charge in [-0.15, -0.1) is 0 Å². The van der Waals surface area contributed by atoms with Gasteiger partial charge in [-0.2, -0.15) is 5.26 Å². The van der Waals surface area contributed by atoms with Crippen molar-refractivity contribution in [3.8, 4) is 11.8 Å². The van der Waals surface area contributed by atoms with Gasteiger partial charge in [0.25, 0.3) is 0 Å². The highest BCUT2D eigenvalue weighted by atomic mass is 35.5. The van der Waals surface area contributed by atoms with Crippen molar-refractivity contribution >= 4 is 11.6 Å². The van der Waals surface area contributed by atoms with Gasteiger partial charge in [-0.1, -0.05) is 29.8 Å². The topological polar surface area (TPSA) is 45.0 Å². The van der Waals surface area contributed by atoms with E-state index in [0.29, 0.717) is 29.5 Å². The fraction of sp³-hybridized carbons (Fsp3) is 0.235. The molecule has 0 amide bonds. The lowest BCUT2D eigenvalue weighted by Crippen LogP contribution is -2.08. The Morgan fingerprint density at radius 3 is 2.71 bits per heavy atom. The zero-order valence-corrected chi connectivity index (χ0v) is 12.9. The molecule has 1 N–H and O–H groups in total. The summed E-state index contributed by atoms with van der Waals surface area (Å²) in [4.78, 5) is 0. The lowest BCUT2D eigenvalue weighted by Gasteiger charge is -2.14. The number of aryl methyl sites for hydroxylation is 1. The molecule has 0 aliphatic heterocycles. The number of ether oxygens (including phenoxy) is 1. The summed E-state index contributed by atoms with van der Waals surface area (Å²) in [6, 6.07) is 13.4. The number of halogens is 1. The van der Waals surface area contributed by atoms with Gasteiger partial charge in [0, 0.05) is 12.1 Å². The number of hydrogen-bond donors (Lipinski definition) is 1. The van der Waals surface area contributed by atoms with E-state index in [1.165, 1.54) is 0 Å². The molecule has 0 saturated carbocycles. The van der Waals surface area contributed by atoms with Crippen LogP contribution in [-0.4, -0.2) is 7.05 Å². The number of para-hydroxylation sites is 1. The second-order valence-corrected chi connectivity index (χ2v) is 5.21. The molecule has 0 spiro atoms. The third-order valence-corrected chi connectivity index (χ3v) is 3.56. The molecule has 0 fully saturated rings. The van der Waals surface area contributed by atoms with E-state index in [0.717, 1.165) is 16.7 Å². The average Bonchev–Trinajstić information content (AvgIpc) is 2.48. The standard InChI is InChI=1S/C17H17ClN2O/c1-12-8-13(9-19)6-7-15(12)11-21-17-14(10-20-2)4-3-5-16(17)18/h3-8,20H,10-11H2,1-2H3. The molecule has 0 radical (unpaired) electrons. The molecule has 0 aliphatic carbocycles. The molecule has 3 nitrogen and oxygen atoms in total. The number of nitrogens with one attached hydrogen (secondary N) is 1. The van der Waals surface area contributed by atoms with Gasteiger partial charge in [-0.25, -0.2) is 0 Å². The predicted octanol–water partition coefficient (Wildman–Crippen LogP) is 3.82. The van der Waals surface area contributed by atoms with E-state index in [1.807, 2.05) is 44.3 Å². The molecule has 4 heteroatoms. The largest absolute Gasteiger partial charge is 0.487 e. The normalized spacial score (nSPS) is 10.2. The number of hydrogen-bond acceptors (Lipinski definition) is 3. The number of rotatable bonds is 5. The van der Waals surface area contributed by atoms with Crippen LogP contribution in [0.3, 0.4) is 0 Å². The van der Waals surface area contributed by atoms with Crippen LogP contribution in [0.15, 0.2) is 36.4 Å². The first-order chi connectivity index (χ1) is 10.2. The van der Waals surface area contributed by atoms with Crippen LogP contribution in [0.1, 0.15) is 22.3 Å². The molecule has 0 atom stereocenters. The summed E-state index contributed by atoms with van der Waals surface area (Å²) < 4.78 is 5.91. The summed E-state index contributed by atoms with van der Waals surface area (Å²) in [6.45, 7) is 3.10. The average molecular weight is 301 g/mol. The highest BCUT2D eigenvalue weighted by molar-refractivity contribution is 6.32. The first kappa shape index (κ1) is 15.4. The van der Waals surface area contributed by atoms with E-state index in [-0.39, 0.29) is 0 Å². The summed E-state index contributed by atoms with van der Waals surface area (Å²) in [5, 5.41) is 12.6. The fourth-order valence-electron chi connectivity index (χ4n) is 2.12. The molecule has 0 heterocycles. The SMILES string of the molecule is CNCc1cccc(Cl)c1OCc1ccc(C#N)cc1C. The maximum absolute atomic E-state index is 8.89. The summed E-state index contributed by atoms with van der Waals surface area (Å²) in [7, 11) is 1.88. The van der Waals surface area contributed by atoms with Crippen LogP contribution in [0, 0.1) is 18.3 Å². The van der Waals surface area contributed by atoms with Crippen LogP contribution in [0.25, 0.3) is 0 Å². The Kier molecular flexibility index (Phi) is 5.21. The van der Waals surface area contributed by atoms with Crippen molar-refractivity contribution in [2.75, 3.05) is 7.05 Å². The van der Waals surface area contributed by atoms with Gasteiger partial charge in [0.2, 0.25) is 0 Å². The van der Waals surface area contributed by atoms with Gasteiger partial charge in [-0.3, -0.25) is 0 Å². The van der Waals surface area contributed by atoms with Crippen LogP contribution in [0.4, 0.5) is 0 Å². The van der Waals surface area contributed by atoms with Crippen LogP contribution in [0.5, 0.6) is 5.75 Å². The number of nitrogens with zero attached hydrogens (tertiary/aromatic N) is 1. The minimum Gasteiger partial charge on any atom is -0.487 e. The fourth-order valence-corrected chi connectivity index (χ4v) is 2.37. The molecule has 0 saturated heterocycles. The number of nitriles is 1. The molecule has 108 valence electrons. The van der Waals surface area contributed by atoms with Crippen LogP contribution in [0.2, 0.25) is 5.02 Å². The lowest BCUT2D eigenvalue weighted by molar-refractivity contribution is 0.302. The van der Waals surface area contributed by atoms with Crippen LogP contribution >= 0.6 is 11.6 Å². The predicted molar refractivity (Wildman–Crippen MR) is 84.4 cm³/mol. The zero-order chi connectivity index (χ0) is 15.2. The van der Waals surface area contributed by atoms with Crippen LogP contribution < -0.4 is 10.1 Å². The minimum atomic E-state index is 0.429. The molecule has 21 heavy (non-hydrogen) atoms. The lowest BCUT2D eigenvalue weighted by atomic mass is 10.1. The third-order valence-electron chi connectivity index (χ3n) is 3.26. The quantitative estimate of drug-likeness (QED) is 0.913. The van der Waals surface area contributed by atoms with Gasteiger partial charge in [0.15, 0.2) is 0 Å². The van der Waals surface area contributed by atoms with Crippen molar-refractivity contribution in [2.45, 2.75) is 20.1 Å². The smallest absolute Gasteiger partial charge is 0.142 e. The molecule has 2 rings (SSSR count). The Labute approximate surface area is 130 Å². The maximum atomic E-state index is 8.89. The Morgan fingerprint density at radius 2 is 2.05 bits per heavy atom. The highest BCUT2D eigenvalue weighted by Gasteiger charge is 2.09. The second kappa shape index (κ2) is 7.12. The molecule has 0 aliphatic rings. The van der Waals surface area contributed by atoms with E-state index in [1.54, 1.807) is 6.07 Å². The Balaban J connectivity index is 2.19. The van der Waals surface area contributed by atoms with E-state index in [4.69, 9.17) is 21.6 Å². The van der Waals surface area contributed by atoms with E-state index >= 15 is 0 Å². The van der Waals surface area contributed by atoms with E-state index < -0.39 is 0 Å². The highest BCUT2D eigenvalue weighted by Crippen LogP contribution is 2.29. The third kappa shape index (κ3) is 3.75. The monoisotopic (exact) mass is 300 g/mol. The Morgan fingerprint density at radius 1 is 1.24 bits per heavy atom. The van der Waals surface area contributed by atoms with Crippen LogP contribution in [-0.2, 0) is 13.2 Å². The Hall–Kier alpha value is -2.02. The maximum Gasteiger partial charge on any atom is 0.142 e. The van der Waals surface area contributed by atoms with E-state index in [2.05, 4.69) is 11.4 Å². The van der Waals surface area contributed by atoms with Crippen molar-refractivity contribution in [1.29, 1.82) is 5.26 Å². The minimum absolute atomic E-state index is 0.429. The van der Waals surface area contributed by atoms with Crippen molar-refractivity contribution < 1.29 is 4.74 Å². The van der Waals surface area contributed by atoms with Gasteiger partial charge >= 0.3 is 0 Å². The van der Waals surface area contributed by atoms with E-state index in [9.17, 15) is 0 Å². The van der Waals surface area contributed by atoms with Gasteiger partial charge in [-0.05, 0) is 43.3 Å². The summed E-state index contributed by atoms with van der Waals surface area (Å²) in [5.74, 6) is 0.706. The van der Waals surface area contributed by atoms with Crippen molar-refractivity contribution in [2.24, 2.45) is 0 Å². The Bertz CT molecular complexity index is 677. The zero-order valence-electron chi connectivity index (χ0n) is 12.1. The molecule has 2 aromatic rings. The molecule has 0 unspecified atom stereocenters. The van der Waals surface area contributed by atoms with Gasteiger partial charge in [0.1, 0.15) is 12.4 Å². The summed E-state index contributed by atoms with van der Waals surface area (Å²) in [5.41, 5.74) is 3.77. The van der Waals surface area contributed by atoms with Gasteiger partial charge < -0.3 is 10.1 Å². The summed E-state index contributed by atoms with van der Waals surface area (Å²) in [6.07, 6.45) is 0. The molecular weight excluding hydrogens is 284 g/mol. The number of benzene rings is 2. The second-order valence-electron chi connectivity index (χ2n) is 4.80. The summed E-state index contributed by atoms with van der Waals surface area (Å²) >= 11 is 6.22. The molecule has 2 aromatic carbocycles. The van der Waals surface area contributed by atoms with Gasteiger partial charge in [0.05, 0.1) is 16.7 Å². The van der Waals surface area contributed by atoms with Crippen molar-refractivity contribution in [3.63, 3.8) is 0 Å². The first-order valence-corrected chi connectivity index (χ1v) is 7.08.